The number of nitrogens with zero attached hydrogens (tertiary/aromatic N) is 5. The summed E-state index contributed by atoms with van der Waals surface area (Å²) in [4.78, 5) is 14.7. The third-order valence-electron chi connectivity index (χ3n) is 10.1. The second-order valence-corrected chi connectivity index (χ2v) is 13.0. The summed E-state index contributed by atoms with van der Waals surface area (Å²) in [6.07, 6.45) is 0. The van der Waals surface area contributed by atoms with Crippen LogP contribution in [0.25, 0.3) is 56.4 Å². The molecule has 9 rings (SSSR count). The number of hydrogen-bond acceptors (Lipinski definition) is 5. The van der Waals surface area contributed by atoms with E-state index in [9.17, 15) is 10.5 Å². The van der Waals surface area contributed by atoms with Gasteiger partial charge in [0, 0.05) is 22.3 Å². The number of nitriles is 2. The predicted molar refractivity (Wildman–Crippen MR) is 208 cm³/mol. The van der Waals surface area contributed by atoms with Crippen molar-refractivity contribution in [2.45, 2.75) is 5.41 Å². The largest absolute Gasteiger partial charge is 0.208 e. The van der Waals surface area contributed by atoms with Gasteiger partial charge in [0.2, 0.25) is 0 Å². The zero-order valence-electron chi connectivity index (χ0n) is 28.5. The Balaban J connectivity index is 1.21. The van der Waals surface area contributed by atoms with Crippen LogP contribution in [-0.2, 0) is 5.41 Å². The molecule has 0 atom stereocenters. The van der Waals surface area contributed by atoms with Crippen molar-refractivity contribution >= 4 is 0 Å². The van der Waals surface area contributed by atoms with E-state index in [0.29, 0.717) is 28.6 Å². The normalized spacial score (nSPS) is 12.3. The highest BCUT2D eigenvalue weighted by Gasteiger charge is 2.47. The van der Waals surface area contributed by atoms with Crippen molar-refractivity contribution in [2.75, 3.05) is 0 Å². The van der Waals surface area contributed by atoms with Gasteiger partial charge in [-0.25, -0.2) is 15.0 Å². The highest BCUT2D eigenvalue weighted by Crippen LogP contribution is 2.57. The average molecular weight is 676 g/mol. The predicted octanol–water partition coefficient (Wildman–Crippen LogP) is 10.6. The fourth-order valence-corrected chi connectivity index (χ4v) is 7.69. The Labute approximate surface area is 307 Å². The zero-order chi connectivity index (χ0) is 35.8. The summed E-state index contributed by atoms with van der Waals surface area (Å²) in [5.41, 5.74) is 11.0. The molecule has 0 fully saturated rings. The molecule has 0 unspecified atom stereocenters. The average Bonchev–Trinajstić information content (AvgIpc) is 3.54. The molecule has 0 bridgehead atoms. The summed E-state index contributed by atoms with van der Waals surface area (Å²) in [7, 11) is 0. The number of aromatic nitrogens is 3. The highest BCUT2D eigenvalue weighted by atomic mass is 15.0. The Hall–Kier alpha value is -7.47. The van der Waals surface area contributed by atoms with E-state index in [2.05, 4.69) is 78.9 Å². The van der Waals surface area contributed by atoms with E-state index in [-0.39, 0.29) is 0 Å². The van der Waals surface area contributed by atoms with Gasteiger partial charge in [0.15, 0.2) is 17.5 Å². The minimum atomic E-state index is -0.756. The monoisotopic (exact) mass is 675 g/mol. The van der Waals surface area contributed by atoms with Crippen molar-refractivity contribution < 1.29 is 0 Å². The van der Waals surface area contributed by atoms with Crippen molar-refractivity contribution in [3.63, 3.8) is 0 Å². The van der Waals surface area contributed by atoms with Gasteiger partial charge in [-0.05, 0) is 57.1 Å². The van der Waals surface area contributed by atoms with Crippen molar-refractivity contribution in [1.29, 1.82) is 10.5 Å². The Bertz CT molecular complexity index is 2620. The van der Waals surface area contributed by atoms with Gasteiger partial charge in [0.1, 0.15) is 0 Å². The fourth-order valence-electron chi connectivity index (χ4n) is 7.69. The van der Waals surface area contributed by atoms with E-state index < -0.39 is 5.41 Å². The first-order valence-electron chi connectivity index (χ1n) is 17.4. The number of hydrogen-bond donors (Lipinski definition) is 0. The van der Waals surface area contributed by atoms with E-state index in [1.165, 1.54) is 0 Å². The van der Waals surface area contributed by atoms with Crippen LogP contribution in [0.2, 0.25) is 0 Å². The first-order chi connectivity index (χ1) is 26.2. The van der Waals surface area contributed by atoms with E-state index in [1.54, 1.807) is 6.07 Å². The van der Waals surface area contributed by atoms with Gasteiger partial charge in [0.25, 0.3) is 0 Å². The van der Waals surface area contributed by atoms with Gasteiger partial charge in [-0.15, -0.1) is 0 Å². The maximum absolute atomic E-state index is 10.4. The lowest BCUT2D eigenvalue weighted by Crippen LogP contribution is -2.28. The maximum Gasteiger partial charge on any atom is 0.164 e. The van der Waals surface area contributed by atoms with Gasteiger partial charge >= 0.3 is 0 Å². The van der Waals surface area contributed by atoms with Crippen LogP contribution in [-0.4, -0.2) is 15.0 Å². The molecule has 0 radical (unpaired) electrons. The number of rotatable bonds is 6. The minimum Gasteiger partial charge on any atom is -0.208 e. The van der Waals surface area contributed by atoms with Crippen LogP contribution >= 0.6 is 0 Å². The first-order valence-corrected chi connectivity index (χ1v) is 17.4. The number of benzene rings is 7. The second-order valence-electron chi connectivity index (χ2n) is 13.0. The van der Waals surface area contributed by atoms with Crippen molar-refractivity contribution in [1.82, 2.24) is 15.0 Å². The third-order valence-corrected chi connectivity index (χ3v) is 10.1. The second kappa shape index (κ2) is 13.0. The van der Waals surface area contributed by atoms with E-state index >= 15 is 0 Å². The molecule has 1 aliphatic rings. The molecule has 246 valence electrons. The van der Waals surface area contributed by atoms with Crippen LogP contribution in [0.5, 0.6) is 0 Å². The molecule has 0 N–H and O–H groups in total. The summed E-state index contributed by atoms with van der Waals surface area (Å²) in [5.74, 6) is 1.83. The molecule has 7 aromatic carbocycles. The lowest BCUT2D eigenvalue weighted by atomic mass is 9.67. The lowest BCUT2D eigenvalue weighted by molar-refractivity contribution is 0.768. The van der Waals surface area contributed by atoms with Gasteiger partial charge in [-0.2, -0.15) is 10.5 Å². The SMILES string of the molecule is N#Cc1cc(C#N)c2c(c1)C(c1ccccc1)(c1ccccc1)c1cc(-c3ccc(-c4nc(-c5ccccc5)nc(-c5ccccc5)n4)cc3)ccc1-2. The van der Waals surface area contributed by atoms with Gasteiger partial charge < -0.3 is 0 Å². The molecule has 0 spiro atoms. The van der Waals surface area contributed by atoms with Crippen LogP contribution in [0, 0.1) is 22.7 Å². The van der Waals surface area contributed by atoms with E-state index in [0.717, 1.165) is 61.2 Å². The van der Waals surface area contributed by atoms with Crippen molar-refractivity contribution in [3.05, 3.63) is 209 Å². The molecule has 1 aromatic heterocycles. The molecular weight excluding hydrogens is 647 g/mol. The lowest BCUT2D eigenvalue weighted by Gasteiger charge is -2.34. The molecule has 1 heterocycles. The summed E-state index contributed by atoms with van der Waals surface area (Å²) in [5, 5.41) is 20.5. The first kappa shape index (κ1) is 31.5. The molecule has 1 aliphatic carbocycles. The van der Waals surface area contributed by atoms with Crippen LogP contribution in [0.15, 0.2) is 176 Å². The smallest absolute Gasteiger partial charge is 0.164 e. The van der Waals surface area contributed by atoms with Gasteiger partial charge in [-0.3, -0.25) is 0 Å². The Morgan fingerprint density at radius 1 is 0.396 bits per heavy atom. The summed E-state index contributed by atoms with van der Waals surface area (Å²) in [6, 6.07) is 63.9. The summed E-state index contributed by atoms with van der Waals surface area (Å²) < 4.78 is 0. The van der Waals surface area contributed by atoms with Crippen LogP contribution in [0.1, 0.15) is 33.4 Å². The Kier molecular flexibility index (Phi) is 7.73. The van der Waals surface area contributed by atoms with Gasteiger partial charge in [-0.1, -0.05) is 158 Å². The third kappa shape index (κ3) is 5.28. The van der Waals surface area contributed by atoms with E-state index in [1.807, 2.05) is 103 Å². The topological polar surface area (TPSA) is 86.2 Å². The highest BCUT2D eigenvalue weighted by molar-refractivity contribution is 5.91. The summed E-state index contributed by atoms with van der Waals surface area (Å²) in [6.45, 7) is 0. The molecule has 0 saturated carbocycles. The quantitative estimate of drug-likeness (QED) is 0.175. The van der Waals surface area contributed by atoms with Crippen molar-refractivity contribution in [2.24, 2.45) is 0 Å². The zero-order valence-corrected chi connectivity index (χ0v) is 28.5. The molecule has 53 heavy (non-hydrogen) atoms. The maximum atomic E-state index is 10.4. The van der Waals surface area contributed by atoms with Crippen LogP contribution < -0.4 is 0 Å². The molecule has 0 aliphatic heterocycles. The van der Waals surface area contributed by atoms with E-state index in [4.69, 9.17) is 15.0 Å². The summed E-state index contributed by atoms with van der Waals surface area (Å²) >= 11 is 0. The molecule has 0 amide bonds. The van der Waals surface area contributed by atoms with Crippen LogP contribution in [0.4, 0.5) is 0 Å². The van der Waals surface area contributed by atoms with Crippen molar-refractivity contribution in [3.8, 4) is 68.6 Å². The standard InChI is InChI=1S/C48H29N5/c49-30-32-27-38(31-50)44-41-26-25-37(29-42(41)48(43(44)28-32,39-17-9-3-10-18-39)40-19-11-4-12-20-40)33-21-23-36(24-22-33)47-52-45(34-13-5-1-6-14-34)51-46(53-47)35-15-7-2-8-16-35/h1-29H. The molecule has 8 aromatic rings. The molecular formula is C48H29N5. The molecule has 5 nitrogen and oxygen atoms in total. The number of fused-ring (bicyclic) bond motifs is 3. The Morgan fingerprint density at radius 3 is 1.34 bits per heavy atom. The molecule has 5 heteroatoms. The molecule has 0 saturated heterocycles. The van der Waals surface area contributed by atoms with Crippen LogP contribution in [0.3, 0.4) is 0 Å². The minimum absolute atomic E-state index is 0.462. The van der Waals surface area contributed by atoms with Gasteiger partial charge in [0.05, 0.1) is 28.7 Å². The Morgan fingerprint density at radius 2 is 0.849 bits per heavy atom. The fraction of sp³-hybridized carbons (Fsp3) is 0.0208.